The third-order valence-corrected chi connectivity index (χ3v) is 3.10. The number of amides is 3. The van der Waals surface area contributed by atoms with Crippen LogP contribution >= 0.6 is 11.6 Å². The minimum atomic E-state index is -0.735. The van der Waals surface area contributed by atoms with Gasteiger partial charge in [0, 0.05) is 6.20 Å². The van der Waals surface area contributed by atoms with Crippen molar-refractivity contribution in [1.29, 1.82) is 0 Å². The molecule has 19 heavy (non-hydrogen) atoms. The van der Waals surface area contributed by atoms with E-state index in [1.165, 1.54) is 19.2 Å². The second-order valence-electron chi connectivity index (χ2n) is 4.11. The number of anilines is 1. The van der Waals surface area contributed by atoms with Crippen LogP contribution in [0.2, 0.25) is 5.02 Å². The lowest BCUT2D eigenvalue weighted by atomic mass is 10.1. The molecular formula is C11H11ClN4O3. The van der Waals surface area contributed by atoms with Crippen LogP contribution in [-0.4, -0.2) is 40.2 Å². The Morgan fingerprint density at radius 2 is 2.26 bits per heavy atom. The maximum Gasteiger partial charge on any atom is 0.256 e. The number of piperazine rings is 1. The van der Waals surface area contributed by atoms with Crippen LogP contribution in [0.3, 0.4) is 0 Å². The normalized spacial score (nSPS) is 19.3. The van der Waals surface area contributed by atoms with Crippen molar-refractivity contribution in [2.24, 2.45) is 0 Å². The Hall–Kier alpha value is -2.15. The fraction of sp³-hybridized carbons (Fsp3) is 0.273. The van der Waals surface area contributed by atoms with Gasteiger partial charge in [-0.1, -0.05) is 11.6 Å². The summed E-state index contributed by atoms with van der Waals surface area (Å²) in [6.45, 7) is 1.35. The van der Waals surface area contributed by atoms with Gasteiger partial charge in [0.15, 0.2) is 0 Å². The highest BCUT2D eigenvalue weighted by Gasteiger charge is 2.34. The summed E-state index contributed by atoms with van der Waals surface area (Å²) in [6, 6.07) is 0.622. The number of aromatic nitrogens is 1. The van der Waals surface area contributed by atoms with Crippen LogP contribution in [0.5, 0.6) is 0 Å². The van der Waals surface area contributed by atoms with Crippen molar-refractivity contribution >= 4 is 35.1 Å². The molecule has 7 nitrogen and oxygen atoms in total. The van der Waals surface area contributed by atoms with Crippen molar-refractivity contribution < 1.29 is 14.4 Å². The maximum absolute atomic E-state index is 12.2. The summed E-state index contributed by atoms with van der Waals surface area (Å²) in [5, 5.41) is 2.30. The molecule has 1 atom stereocenters. The average molecular weight is 283 g/mol. The number of halogens is 1. The van der Waals surface area contributed by atoms with Gasteiger partial charge in [-0.05, 0) is 13.0 Å². The highest BCUT2D eigenvalue weighted by atomic mass is 35.5. The Balaban J connectivity index is 2.29. The molecule has 1 aromatic heterocycles. The van der Waals surface area contributed by atoms with Gasteiger partial charge in [-0.25, -0.2) is 4.98 Å². The summed E-state index contributed by atoms with van der Waals surface area (Å²) < 4.78 is 0. The molecule has 0 saturated carbocycles. The summed E-state index contributed by atoms with van der Waals surface area (Å²) >= 11 is 5.79. The van der Waals surface area contributed by atoms with Gasteiger partial charge in [0.05, 0.1) is 10.6 Å². The standard InChI is InChI=1S/C11H11ClN4O3/c1-5-10(18)15-8(17)4-16(5)11(19)6-2-7(12)9(13)14-3-6/h2-3,5H,4H2,1H3,(H2,13,14)(H,15,17,18). The molecule has 1 aliphatic heterocycles. The third kappa shape index (κ3) is 2.50. The van der Waals surface area contributed by atoms with E-state index in [4.69, 9.17) is 17.3 Å². The fourth-order valence-electron chi connectivity index (χ4n) is 1.69. The highest BCUT2D eigenvalue weighted by Crippen LogP contribution is 2.19. The molecule has 1 unspecified atom stereocenters. The lowest BCUT2D eigenvalue weighted by molar-refractivity contribution is -0.138. The van der Waals surface area contributed by atoms with E-state index in [1.807, 2.05) is 0 Å². The van der Waals surface area contributed by atoms with E-state index >= 15 is 0 Å². The molecule has 1 aromatic rings. The summed E-state index contributed by atoms with van der Waals surface area (Å²) in [5.74, 6) is -1.42. The number of hydrogen-bond donors (Lipinski definition) is 2. The summed E-state index contributed by atoms with van der Waals surface area (Å²) in [4.78, 5) is 39.9. The summed E-state index contributed by atoms with van der Waals surface area (Å²) in [5.41, 5.74) is 5.63. The van der Waals surface area contributed by atoms with E-state index in [0.29, 0.717) is 0 Å². The number of carbonyl (C=O) groups is 3. The predicted octanol–water partition coefficient (Wildman–Crippen LogP) is -0.196. The van der Waals surface area contributed by atoms with Gasteiger partial charge in [-0.15, -0.1) is 0 Å². The molecule has 2 rings (SSSR count). The molecule has 3 amide bonds. The van der Waals surface area contributed by atoms with E-state index in [1.54, 1.807) is 0 Å². The second kappa shape index (κ2) is 4.85. The zero-order valence-corrected chi connectivity index (χ0v) is 10.8. The first-order valence-corrected chi connectivity index (χ1v) is 5.83. The molecule has 0 spiro atoms. The molecule has 1 saturated heterocycles. The van der Waals surface area contributed by atoms with Crippen molar-refractivity contribution in [2.75, 3.05) is 12.3 Å². The van der Waals surface area contributed by atoms with Crippen LogP contribution < -0.4 is 11.1 Å². The number of nitrogen functional groups attached to an aromatic ring is 1. The van der Waals surface area contributed by atoms with Crippen LogP contribution in [0, 0.1) is 0 Å². The summed E-state index contributed by atoms with van der Waals surface area (Å²) in [6.07, 6.45) is 1.26. The number of nitrogens with zero attached hydrogens (tertiary/aromatic N) is 2. The van der Waals surface area contributed by atoms with Crippen LogP contribution in [-0.2, 0) is 9.59 Å². The first-order chi connectivity index (χ1) is 8.90. The van der Waals surface area contributed by atoms with E-state index < -0.39 is 23.8 Å². The van der Waals surface area contributed by atoms with Gasteiger partial charge in [0.25, 0.3) is 5.91 Å². The molecule has 1 aliphatic rings. The van der Waals surface area contributed by atoms with Gasteiger partial charge in [-0.2, -0.15) is 0 Å². The molecule has 0 aromatic carbocycles. The molecule has 1 fully saturated rings. The molecule has 0 radical (unpaired) electrons. The van der Waals surface area contributed by atoms with E-state index in [-0.39, 0.29) is 22.9 Å². The Labute approximate surface area is 113 Å². The van der Waals surface area contributed by atoms with Gasteiger partial charge in [0.2, 0.25) is 11.8 Å². The molecular weight excluding hydrogens is 272 g/mol. The zero-order chi connectivity index (χ0) is 14.2. The first kappa shape index (κ1) is 13.3. The van der Waals surface area contributed by atoms with Crippen molar-refractivity contribution in [2.45, 2.75) is 13.0 Å². The van der Waals surface area contributed by atoms with E-state index in [9.17, 15) is 14.4 Å². The Morgan fingerprint density at radius 1 is 1.58 bits per heavy atom. The van der Waals surface area contributed by atoms with Crippen LogP contribution in [0.25, 0.3) is 0 Å². The number of nitrogens with one attached hydrogen (secondary N) is 1. The van der Waals surface area contributed by atoms with E-state index in [0.717, 1.165) is 4.90 Å². The van der Waals surface area contributed by atoms with Crippen LogP contribution in [0.4, 0.5) is 5.82 Å². The van der Waals surface area contributed by atoms with Crippen molar-refractivity contribution in [1.82, 2.24) is 15.2 Å². The van der Waals surface area contributed by atoms with Crippen molar-refractivity contribution in [3.8, 4) is 0 Å². The SMILES string of the molecule is CC1C(=O)NC(=O)CN1C(=O)c1cnc(N)c(Cl)c1. The Kier molecular flexibility index (Phi) is 3.39. The topological polar surface area (TPSA) is 105 Å². The lowest BCUT2D eigenvalue weighted by Crippen LogP contribution is -2.58. The first-order valence-electron chi connectivity index (χ1n) is 5.46. The summed E-state index contributed by atoms with van der Waals surface area (Å²) in [7, 11) is 0. The van der Waals surface area contributed by atoms with E-state index in [2.05, 4.69) is 10.3 Å². The minimum absolute atomic E-state index is 0.110. The average Bonchev–Trinajstić information content (AvgIpc) is 2.36. The number of nitrogens with two attached hydrogens (primary N) is 1. The Morgan fingerprint density at radius 3 is 2.89 bits per heavy atom. The number of pyridine rings is 1. The van der Waals surface area contributed by atoms with Crippen molar-refractivity contribution in [3.63, 3.8) is 0 Å². The molecule has 3 N–H and O–H groups in total. The minimum Gasteiger partial charge on any atom is -0.382 e. The lowest BCUT2D eigenvalue weighted by Gasteiger charge is -2.31. The monoisotopic (exact) mass is 282 g/mol. The van der Waals surface area contributed by atoms with Crippen LogP contribution in [0.1, 0.15) is 17.3 Å². The zero-order valence-electron chi connectivity index (χ0n) is 10.0. The quantitative estimate of drug-likeness (QED) is 0.694. The van der Waals surface area contributed by atoms with Crippen LogP contribution in [0.15, 0.2) is 12.3 Å². The van der Waals surface area contributed by atoms with Gasteiger partial charge in [0.1, 0.15) is 18.4 Å². The largest absolute Gasteiger partial charge is 0.382 e. The number of carbonyl (C=O) groups excluding carboxylic acids is 3. The van der Waals surface area contributed by atoms with Gasteiger partial charge in [-0.3, -0.25) is 19.7 Å². The smallest absolute Gasteiger partial charge is 0.256 e. The number of imide groups is 1. The molecule has 0 bridgehead atoms. The third-order valence-electron chi connectivity index (χ3n) is 2.80. The van der Waals surface area contributed by atoms with Gasteiger partial charge >= 0.3 is 0 Å². The van der Waals surface area contributed by atoms with Gasteiger partial charge < -0.3 is 10.6 Å². The number of hydrogen-bond acceptors (Lipinski definition) is 5. The Bertz CT molecular complexity index is 575. The molecule has 100 valence electrons. The maximum atomic E-state index is 12.2. The number of rotatable bonds is 1. The second-order valence-corrected chi connectivity index (χ2v) is 4.52. The molecule has 2 heterocycles. The molecule has 0 aliphatic carbocycles. The predicted molar refractivity (Wildman–Crippen MR) is 67.3 cm³/mol. The fourth-order valence-corrected chi connectivity index (χ4v) is 1.86. The van der Waals surface area contributed by atoms with Crippen molar-refractivity contribution in [3.05, 3.63) is 22.8 Å². The highest BCUT2D eigenvalue weighted by molar-refractivity contribution is 6.33. The molecule has 8 heteroatoms.